The third-order valence-corrected chi connectivity index (χ3v) is 3.04. The van der Waals surface area contributed by atoms with Gasteiger partial charge in [0.1, 0.15) is 6.04 Å². The number of nitrogens with one attached hydrogen (secondary N) is 1. The fraction of sp³-hybridized carbons (Fsp3) is 0.308. The summed E-state index contributed by atoms with van der Waals surface area (Å²) >= 11 is 3.14. The van der Waals surface area contributed by atoms with Crippen LogP contribution in [0.4, 0.5) is 4.39 Å². The van der Waals surface area contributed by atoms with Crippen LogP contribution in [0.1, 0.15) is 24.7 Å². The molecule has 0 radical (unpaired) electrons. The molecule has 1 unspecified atom stereocenters. The van der Waals surface area contributed by atoms with Crippen molar-refractivity contribution in [3.8, 4) is 5.75 Å². The van der Waals surface area contributed by atoms with E-state index in [9.17, 15) is 9.18 Å². The van der Waals surface area contributed by atoms with Gasteiger partial charge in [0.05, 0.1) is 0 Å². The highest BCUT2D eigenvalue weighted by Gasteiger charge is 2.16. The average molecular weight is 358 g/mol. The Morgan fingerprint density at radius 3 is 2.95 bits per heavy atom. The molecule has 0 aliphatic heterocycles. The molecule has 1 aromatic carbocycles. The molecule has 0 fully saturated rings. The van der Waals surface area contributed by atoms with Crippen molar-refractivity contribution >= 4 is 21.8 Å². The summed E-state index contributed by atoms with van der Waals surface area (Å²) in [7, 11) is 0. The quantitative estimate of drug-likeness (QED) is 0.889. The summed E-state index contributed by atoms with van der Waals surface area (Å²) in [4.78, 5) is 15.7. The molecule has 0 spiro atoms. The number of benzene rings is 1. The summed E-state index contributed by atoms with van der Waals surface area (Å²) in [5, 5.41) is 6.25. The minimum absolute atomic E-state index is 0.00892. The largest absolute Gasteiger partial charge is 0.481 e. The number of aromatic nitrogens is 2. The number of aryl methyl sites for hydroxylation is 1. The van der Waals surface area contributed by atoms with Gasteiger partial charge in [-0.3, -0.25) is 4.79 Å². The minimum Gasteiger partial charge on any atom is -0.481 e. The van der Waals surface area contributed by atoms with Gasteiger partial charge >= 0.3 is 0 Å². The average Bonchev–Trinajstić information content (AvgIpc) is 2.84. The number of carbonyl (C=O) groups is 1. The van der Waals surface area contributed by atoms with Crippen LogP contribution in [0.25, 0.3) is 0 Å². The van der Waals surface area contributed by atoms with Crippen molar-refractivity contribution in [2.45, 2.75) is 19.9 Å². The molecule has 6 nitrogen and oxygen atoms in total. The Morgan fingerprint density at radius 2 is 2.33 bits per heavy atom. The van der Waals surface area contributed by atoms with Crippen molar-refractivity contribution in [2.75, 3.05) is 6.61 Å². The fourth-order valence-electron chi connectivity index (χ4n) is 1.57. The summed E-state index contributed by atoms with van der Waals surface area (Å²) in [6.45, 7) is 3.07. The highest BCUT2D eigenvalue weighted by atomic mass is 79.9. The SMILES string of the molecule is Cc1noc(C(C)NC(=O)COc2ccc(Br)cc2F)n1. The number of ether oxygens (including phenoxy) is 1. The van der Waals surface area contributed by atoms with Crippen molar-refractivity contribution in [2.24, 2.45) is 0 Å². The lowest BCUT2D eigenvalue weighted by molar-refractivity contribution is -0.123. The summed E-state index contributed by atoms with van der Waals surface area (Å²) in [5.74, 6) is -0.164. The predicted molar refractivity (Wildman–Crippen MR) is 75.2 cm³/mol. The monoisotopic (exact) mass is 357 g/mol. The molecule has 0 aliphatic rings. The van der Waals surface area contributed by atoms with Crippen molar-refractivity contribution in [3.63, 3.8) is 0 Å². The van der Waals surface area contributed by atoms with Crippen LogP contribution in [0.5, 0.6) is 5.75 Å². The third-order valence-electron chi connectivity index (χ3n) is 2.54. The molecular weight excluding hydrogens is 345 g/mol. The van der Waals surface area contributed by atoms with Gasteiger partial charge in [-0.15, -0.1) is 0 Å². The Morgan fingerprint density at radius 1 is 1.57 bits per heavy atom. The number of amides is 1. The highest BCUT2D eigenvalue weighted by molar-refractivity contribution is 9.10. The molecule has 1 amide bonds. The molecule has 8 heteroatoms. The Labute approximate surface area is 128 Å². The molecule has 1 atom stereocenters. The lowest BCUT2D eigenvalue weighted by atomic mass is 10.3. The summed E-state index contributed by atoms with van der Waals surface area (Å²) in [5.41, 5.74) is 0. The molecule has 112 valence electrons. The van der Waals surface area contributed by atoms with Gasteiger partial charge in [0.25, 0.3) is 5.91 Å². The Bertz CT molecular complexity index is 647. The van der Waals surface area contributed by atoms with Crippen LogP contribution in [-0.4, -0.2) is 22.7 Å². The molecule has 0 saturated carbocycles. The van der Waals surface area contributed by atoms with Crippen LogP contribution in [0, 0.1) is 12.7 Å². The molecule has 2 rings (SSSR count). The van der Waals surface area contributed by atoms with Gasteiger partial charge in [-0.1, -0.05) is 21.1 Å². The molecular formula is C13H13BrFN3O3. The van der Waals surface area contributed by atoms with Crippen molar-refractivity contribution in [1.29, 1.82) is 0 Å². The van der Waals surface area contributed by atoms with E-state index >= 15 is 0 Å². The Balaban J connectivity index is 1.87. The Kier molecular flexibility index (Phi) is 4.89. The van der Waals surface area contributed by atoms with Crippen LogP contribution in [0.2, 0.25) is 0 Å². The van der Waals surface area contributed by atoms with Crippen LogP contribution in [0.3, 0.4) is 0 Å². The maximum Gasteiger partial charge on any atom is 0.258 e. The van der Waals surface area contributed by atoms with E-state index in [1.807, 2.05) is 0 Å². The van der Waals surface area contributed by atoms with Crippen molar-refractivity contribution in [3.05, 3.63) is 40.2 Å². The second-order valence-electron chi connectivity index (χ2n) is 4.33. The molecule has 1 aromatic heterocycles. The first-order valence-electron chi connectivity index (χ1n) is 6.13. The van der Waals surface area contributed by atoms with E-state index in [0.29, 0.717) is 16.2 Å². The number of nitrogens with zero attached hydrogens (tertiary/aromatic N) is 2. The molecule has 21 heavy (non-hydrogen) atoms. The smallest absolute Gasteiger partial charge is 0.258 e. The molecule has 1 N–H and O–H groups in total. The van der Waals surface area contributed by atoms with Crippen molar-refractivity contribution < 1.29 is 18.4 Å². The highest BCUT2D eigenvalue weighted by Crippen LogP contribution is 2.21. The number of carbonyl (C=O) groups excluding carboxylic acids is 1. The molecule has 0 saturated heterocycles. The van der Waals surface area contributed by atoms with Crippen LogP contribution >= 0.6 is 15.9 Å². The first-order valence-corrected chi connectivity index (χ1v) is 6.92. The molecule has 0 aliphatic carbocycles. The van der Waals surface area contributed by atoms with Gasteiger partial charge in [-0.05, 0) is 32.0 Å². The summed E-state index contributed by atoms with van der Waals surface area (Å²) < 4.78 is 24.2. The van der Waals surface area contributed by atoms with Gasteiger partial charge < -0.3 is 14.6 Å². The molecule has 2 aromatic rings. The van der Waals surface area contributed by atoms with Gasteiger partial charge in [-0.2, -0.15) is 4.98 Å². The standard InChI is InChI=1S/C13H13BrFN3O3/c1-7(13-17-8(2)18-21-13)16-12(19)6-20-11-4-3-9(14)5-10(11)15/h3-5,7H,6H2,1-2H3,(H,16,19). The number of rotatable bonds is 5. The zero-order chi connectivity index (χ0) is 15.4. The second-order valence-corrected chi connectivity index (χ2v) is 5.25. The van der Waals surface area contributed by atoms with E-state index in [-0.39, 0.29) is 12.4 Å². The lowest BCUT2D eigenvalue weighted by Crippen LogP contribution is -2.31. The molecule has 1 heterocycles. The minimum atomic E-state index is -0.544. The summed E-state index contributed by atoms with van der Waals surface area (Å²) in [6.07, 6.45) is 0. The first kappa shape index (κ1) is 15.4. The van der Waals surface area contributed by atoms with Gasteiger partial charge in [0.2, 0.25) is 5.89 Å². The van der Waals surface area contributed by atoms with E-state index < -0.39 is 17.8 Å². The maximum absolute atomic E-state index is 13.5. The molecule has 0 bridgehead atoms. The van der Waals surface area contributed by atoms with Crippen LogP contribution in [0.15, 0.2) is 27.2 Å². The van der Waals surface area contributed by atoms with Crippen LogP contribution < -0.4 is 10.1 Å². The zero-order valence-electron chi connectivity index (χ0n) is 11.4. The van der Waals surface area contributed by atoms with Gasteiger partial charge in [0.15, 0.2) is 24.0 Å². The first-order chi connectivity index (χ1) is 9.95. The third kappa shape index (κ3) is 4.25. The normalized spacial score (nSPS) is 12.0. The van der Waals surface area contributed by atoms with E-state index in [1.165, 1.54) is 12.1 Å². The van der Waals surface area contributed by atoms with E-state index in [1.54, 1.807) is 19.9 Å². The lowest BCUT2D eigenvalue weighted by Gasteiger charge is -2.11. The van der Waals surface area contributed by atoms with Gasteiger partial charge in [-0.25, -0.2) is 4.39 Å². The van der Waals surface area contributed by atoms with E-state index in [4.69, 9.17) is 9.26 Å². The van der Waals surface area contributed by atoms with Crippen LogP contribution in [-0.2, 0) is 4.79 Å². The second kappa shape index (κ2) is 6.66. The number of hydrogen-bond donors (Lipinski definition) is 1. The topological polar surface area (TPSA) is 77.2 Å². The maximum atomic E-state index is 13.5. The fourth-order valence-corrected chi connectivity index (χ4v) is 1.90. The van der Waals surface area contributed by atoms with E-state index in [2.05, 4.69) is 31.4 Å². The zero-order valence-corrected chi connectivity index (χ0v) is 13.0. The van der Waals surface area contributed by atoms with Crippen molar-refractivity contribution in [1.82, 2.24) is 15.5 Å². The predicted octanol–water partition coefficient (Wildman–Crippen LogP) is 2.54. The number of hydrogen-bond acceptors (Lipinski definition) is 5. The van der Waals surface area contributed by atoms with E-state index in [0.717, 1.165) is 0 Å². The van der Waals surface area contributed by atoms with Gasteiger partial charge in [0, 0.05) is 4.47 Å². The summed E-state index contributed by atoms with van der Waals surface area (Å²) in [6, 6.07) is 3.88. The Hall–Kier alpha value is -1.96. The number of halogens is 2.